The lowest BCUT2D eigenvalue weighted by Crippen LogP contribution is -2.44. The van der Waals surface area contributed by atoms with Crippen LogP contribution in [-0.4, -0.2) is 55.9 Å². The second-order valence-corrected chi connectivity index (χ2v) is 6.37. The summed E-state index contributed by atoms with van der Waals surface area (Å²) in [4.78, 5) is 10.9. The Balaban J connectivity index is 2.68. The fourth-order valence-electron chi connectivity index (χ4n) is 1.87. The number of piperidine rings is 1. The monoisotopic (exact) mass is 265 g/mol. The van der Waals surface area contributed by atoms with E-state index in [-0.39, 0.29) is 18.4 Å². The van der Waals surface area contributed by atoms with Gasteiger partial charge in [0.05, 0.1) is 17.8 Å². The number of ether oxygens (including phenoxy) is 1. The molecule has 6 nitrogen and oxygen atoms in total. The molecule has 0 aliphatic carbocycles. The van der Waals surface area contributed by atoms with E-state index in [0.29, 0.717) is 19.4 Å². The van der Waals surface area contributed by atoms with Crippen LogP contribution in [0.3, 0.4) is 0 Å². The van der Waals surface area contributed by atoms with Gasteiger partial charge in [0.25, 0.3) is 0 Å². The zero-order valence-corrected chi connectivity index (χ0v) is 10.9. The summed E-state index contributed by atoms with van der Waals surface area (Å²) in [5, 5.41) is 8.90. The molecular formula is C10H19NO5S. The first-order valence-corrected chi connectivity index (χ1v) is 7.21. The van der Waals surface area contributed by atoms with E-state index < -0.39 is 21.9 Å². The van der Waals surface area contributed by atoms with E-state index in [1.54, 1.807) is 6.92 Å². The minimum Gasteiger partial charge on any atom is -0.481 e. The van der Waals surface area contributed by atoms with Crippen molar-refractivity contribution in [3.05, 3.63) is 0 Å². The Hall–Kier alpha value is -0.660. The van der Waals surface area contributed by atoms with E-state index in [1.807, 2.05) is 0 Å². The highest BCUT2D eigenvalue weighted by Gasteiger charge is 2.32. The van der Waals surface area contributed by atoms with Gasteiger partial charge in [0, 0.05) is 20.2 Å². The number of carbonyl (C=O) groups is 1. The summed E-state index contributed by atoms with van der Waals surface area (Å²) in [6.45, 7) is 2.16. The summed E-state index contributed by atoms with van der Waals surface area (Å²) in [6.07, 6.45) is 0.754. The van der Waals surface area contributed by atoms with Crippen LogP contribution in [0.15, 0.2) is 0 Å². The third kappa shape index (κ3) is 3.93. The van der Waals surface area contributed by atoms with Crippen LogP contribution in [0.5, 0.6) is 0 Å². The van der Waals surface area contributed by atoms with Crippen molar-refractivity contribution in [3.8, 4) is 0 Å². The normalized spacial score (nSPS) is 24.5. The highest BCUT2D eigenvalue weighted by atomic mass is 32.2. The van der Waals surface area contributed by atoms with Crippen molar-refractivity contribution in [1.82, 2.24) is 4.31 Å². The molecule has 1 heterocycles. The minimum absolute atomic E-state index is 0.0775. The summed E-state index contributed by atoms with van der Waals surface area (Å²) in [7, 11) is -1.96. The van der Waals surface area contributed by atoms with Gasteiger partial charge in [-0.1, -0.05) is 0 Å². The third-order valence-electron chi connectivity index (χ3n) is 2.97. The van der Waals surface area contributed by atoms with Gasteiger partial charge in [-0.3, -0.25) is 4.79 Å². The van der Waals surface area contributed by atoms with Crippen molar-refractivity contribution < 1.29 is 23.1 Å². The first-order valence-electron chi connectivity index (χ1n) is 5.60. The molecule has 0 spiro atoms. The van der Waals surface area contributed by atoms with Crippen LogP contribution >= 0.6 is 0 Å². The van der Waals surface area contributed by atoms with Crippen LogP contribution in [-0.2, 0) is 19.6 Å². The van der Waals surface area contributed by atoms with Crippen LogP contribution in [0.2, 0.25) is 0 Å². The summed E-state index contributed by atoms with van der Waals surface area (Å²) in [6, 6.07) is 0. The predicted molar refractivity (Wildman–Crippen MR) is 62.2 cm³/mol. The maximum atomic E-state index is 12.0. The molecule has 0 saturated carbocycles. The number of rotatable bonds is 5. The van der Waals surface area contributed by atoms with Crippen molar-refractivity contribution in [2.24, 2.45) is 5.92 Å². The van der Waals surface area contributed by atoms with Gasteiger partial charge in [0.1, 0.15) is 0 Å². The number of carboxylic acids is 1. The Morgan fingerprint density at radius 1 is 1.59 bits per heavy atom. The summed E-state index contributed by atoms with van der Waals surface area (Å²) < 4.78 is 30.1. The molecule has 100 valence electrons. The molecule has 17 heavy (non-hydrogen) atoms. The minimum atomic E-state index is -3.42. The first kappa shape index (κ1) is 14.4. The van der Waals surface area contributed by atoms with E-state index in [1.165, 1.54) is 11.4 Å². The standard InChI is InChI=1S/C10H19NO5S/c1-8(16-2)7-17(14,15)11-5-3-4-9(6-11)10(12)13/h8-9H,3-7H2,1-2H3,(H,12,13). The fraction of sp³-hybridized carbons (Fsp3) is 0.900. The molecule has 0 amide bonds. The van der Waals surface area contributed by atoms with E-state index >= 15 is 0 Å². The van der Waals surface area contributed by atoms with Crippen LogP contribution in [0.25, 0.3) is 0 Å². The number of carboxylic acid groups (broad SMARTS) is 1. The maximum Gasteiger partial charge on any atom is 0.307 e. The van der Waals surface area contributed by atoms with Crippen LogP contribution in [0, 0.1) is 5.92 Å². The highest BCUT2D eigenvalue weighted by molar-refractivity contribution is 7.89. The van der Waals surface area contributed by atoms with Gasteiger partial charge >= 0.3 is 5.97 Å². The van der Waals surface area contributed by atoms with Gasteiger partial charge in [0.2, 0.25) is 10.0 Å². The molecule has 2 unspecified atom stereocenters. The Kier molecular flexibility index (Phi) is 4.91. The molecular weight excluding hydrogens is 246 g/mol. The lowest BCUT2D eigenvalue weighted by molar-refractivity contribution is -0.142. The summed E-state index contributed by atoms with van der Waals surface area (Å²) in [5.74, 6) is -1.61. The number of nitrogens with zero attached hydrogens (tertiary/aromatic N) is 1. The average Bonchev–Trinajstić information content (AvgIpc) is 2.28. The molecule has 7 heteroatoms. The fourth-order valence-corrected chi connectivity index (χ4v) is 3.62. The quantitative estimate of drug-likeness (QED) is 0.765. The number of aliphatic carboxylic acids is 1. The Bertz CT molecular complexity index is 367. The largest absolute Gasteiger partial charge is 0.481 e. The zero-order chi connectivity index (χ0) is 13.1. The van der Waals surface area contributed by atoms with Crippen molar-refractivity contribution in [3.63, 3.8) is 0 Å². The molecule has 0 radical (unpaired) electrons. The topological polar surface area (TPSA) is 83.9 Å². The van der Waals surface area contributed by atoms with Crippen molar-refractivity contribution in [1.29, 1.82) is 0 Å². The lowest BCUT2D eigenvalue weighted by atomic mass is 10.0. The Morgan fingerprint density at radius 2 is 2.24 bits per heavy atom. The predicted octanol–water partition coefficient (Wildman–Crippen LogP) is 0.148. The second kappa shape index (κ2) is 5.79. The molecule has 0 aromatic carbocycles. The van der Waals surface area contributed by atoms with E-state index in [0.717, 1.165) is 0 Å². The lowest BCUT2D eigenvalue weighted by Gasteiger charge is -2.30. The third-order valence-corrected chi connectivity index (χ3v) is 4.98. The van der Waals surface area contributed by atoms with E-state index in [4.69, 9.17) is 9.84 Å². The Labute approximate surface area is 102 Å². The van der Waals surface area contributed by atoms with E-state index in [9.17, 15) is 13.2 Å². The zero-order valence-electron chi connectivity index (χ0n) is 10.1. The molecule has 1 aliphatic rings. The molecule has 2 atom stereocenters. The molecule has 0 bridgehead atoms. The van der Waals surface area contributed by atoms with Gasteiger partial charge in [-0.25, -0.2) is 12.7 Å². The number of methoxy groups -OCH3 is 1. The average molecular weight is 265 g/mol. The number of hydrogen-bond donors (Lipinski definition) is 1. The number of hydrogen-bond acceptors (Lipinski definition) is 4. The van der Waals surface area contributed by atoms with Crippen molar-refractivity contribution in [2.75, 3.05) is 26.0 Å². The smallest absolute Gasteiger partial charge is 0.307 e. The molecule has 1 aliphatic heterocycles. The summed E-state index contributed by atoms with van der Waals surface area (Å²) >= 11 is 0. The SMILES string of the molecule is COC(C)CS(=O)(=O)N1CCCC(C(=O)O)C1. The molecule has 1 N–H and O–H groups in total. The van der Waals surface area contributed by atoms with Crippen LogP contribution in [0.1, 0.15) is 19.8 Å². The molecule has 0 aromatic heterocycles. The van der Waals surface area contributed by atoms with E-state index in [2.05, 4.69) is 0 Å². The van der Waals surface area contributed by atoms with Gasteiger partial charge in [-0.05, 0) is 19.8 Å². The van der Waals surface area contributed by atoms with Gasteiger partial charge in [-0.2, -0.15) is 0 Å². The number of sulfonamides is 1. The van der Waals surface area contributed by atoms with Gasteiger partial charge in [-0.15, -0.1) is 0 Å². The van der Waals surface area contributed by atoms with Crippen LogP contribution < -0.4 is 0 Å². The van der Waals surface area contributed by atoms with Crippen molar-refractivity contribution >= 4 is 16.0 Å². The summed E-state index contributed by atoms with van der Waals surface area (Å²) in [5.41, 5.74) is 0. The van der Waals surface area contributed by atoms with Gasteiger partial charge < -0.3 is 9.84 Å². The highest BCUT2D eigenvalue weighted by Crippen LogP contribution is 2.20. The maximum absolute atomic E-state index is 12.0. The first-order chi connectivity index (χ1) is 7.86. The van der Waals surface area contributed by atoms with Crippen LogP contribution in [0.4, 0.5) is 0 Å². The second-order valence-electron chi connectivity index (χ2n) is 4.36. The van der Waals surface area contributed by atoms with Gasteiger partial charge in [0.15, 0.2) is 0 Å². The molecule has 1 fully saturated rings. The molecule has 1 rings (SSSR count). The Morgan fingerprint density at radius 3 is 2.76 bits per heavy atom. The molecule has 0 aromatic rings. The van der Waals surface area contributed by atoms with Crippen molar-refractivity contribution in [2.45, 2.75) is 25.9 Å². The molecule has 1 saturated heterocycles.